The van der Waals surface area contributed by atoms with E-state index in [1.165, 1.54) is 21.7 Å². The predicted octanol–water partition coefficient (Wildman–Crippen LogP) is -0.108. The fourth-order valence-electron chi connectivity index (χ4n) is 2.43. The molecule has 1 aliphatic heterocycles. The molecule has 1 aliphatic rings. The maximum absolute atomic E-state index is 5.10. The maximum Gasteiger partial charge on any atom is 0.0791 e. The van der Waals surface area contributed by atoms with Crippen LogP contribution in [0, 0.1) is 7.05 Å². The number of methoxy groups -OCH3 is 1. The second kappa shape index (κ2) is 6.27. The Bertz CT molecular complexity index is 395. The number of ether oxygens (including phenoxy) is 1. The van der Waals surface area contributed by atoms with E-state index in [1.807, 2.05) is 6.20 Å². The number of pyridine rings is 1. The lowest BCUT2D eigenvalue weighted by Gasteiger charge is -2.29. The molecule has 0 bridgehead atoms. The van der Waals surface area contributed by atoms with Crippen molar-refractivity contribution in [3.05, 3.63) is 36.1 Å². The lowest BCUT2D eigenvalue weighted by atomic mass is 9.99. The molecule has 1 atom stereocenters. The van der Waals surface area contributed by atoms with Gasteiger partial charge < -0.3 is 9.64 Å². The minimum Gasteiger partial charge on any atom is -0.464 e. The van der Waals surface area contributed by atoms with Gasteiger partial charge in [0.15, 0.2) is 0 Å². The van der Waals surface area contributed by atoms with Gasteiger partial charge in [0.2, 0.25) is 0 Å². The lowest BCUT2D eigenvalue weighted by Crippen LogP contribution is -3.06. The fraction of sp³-hybridized carbons (Fsp3) is 0.571. The van der Waals surface area contributed by atoms with Gasteiger partial charge in [0.1, 0.15) is 0 Å². The molecule has 0 radical (unpaired) electrons. The molecule has 4 nitrogen and oxygen atoms in total. The highest BCUT2D eigenvalue weighted by Crippen LogP contribution is 2.16. The third-order valence-corrected chi connectivity index (χ3v) is 3.51. The highest BCUT2D eigenvalue weighted by atomic mass is 16.5. The van der Waals surface area contributed by atoms with Gasteiger partial charge in [0.25, 0.3) is 0 Å². The second-order valence-corrected chi connectivity index (χ2v) is 5.05. The number of nitrogens with one attached hydrogen (secondary N) is 1. The molecule has 4 heteroatoms. The van der Waals surface area contributed by atoms with Crippen LogP contribution in [0.2, 0.25) is 0 Å². The van der Waals surface area contributed by atoms with E-state index >= 15 is 0 Å². The Hall–Kier alpha value is -0.970. The average molecular weight is 249 g/mol. The molecule has 1 aromatic rings. The summed E-state index contributed by atoms with van der Waals surface area (Å²) in [5.41, 5.74) is 4.07. The summed E-state index contributed by atoms with van der Waals surface area (Å²) < 4.78 is 5.10. The molecule has 2 heterocycles. The van der Waals surface area contributed by atoms with Crippen molar-refractivity contribution in [2.24, 2.45) is 0 Å². The van der Waals surface area contributed by atoms with Crippen molar-refractivity contribution >= 4 is 0 Å². The number of nitrogens with zero attached hydrogens (tertiary/aromatic N) is 2. The van der Waals surface area contributed by atoms with Crippen LogP contribution in [0.1, 0.15) is 16.8 Å². The largest absolute Gasteiger partial charge is 0.464 e. The number of aromatic nitrogens is 1. The van der Waals surface area contributed by atoms with Gasteiger partial charge in [0, 0.05) is 38.4 Å². The summed E-state index contributed by atoms with van der Waals surface area (Å²) in [6.45, 7) is 4.73. The summed E-state index contributed by atoms with van der Waals surface area (Å²) in [5, 5.41) is 0. The van der Waals surface area contributed by atoms with E-state index in [9.17, 15) is 0 Å². The zero-order valence-corrected chi connectivity index (χ0v) is 11.4. The van der Waals surface area contributed by atoms with Crippen LogP contribution in [-0.2, 0) is 24.2 Å². The van der Waals surface area contributed by atoms with Gasteiger partial charge in [-0.2, -0.15) is 7.05 Å². The smallest absolute Gasteiger partial charge is 0.0791 e. The number of quaternary nitrogens is 1. The van der Waals surface area contributed by atoms with Crippen LogP contribution >= 0.6 is 0 Å². The highest BCUT2D eigenvalue weighted by molar-refractivity contribution is 5.30. The van der Waals surface area contributed by atoms with Crippen LogP contribution in [0.15, 0.2) is 12.3 Å². The first-order chi connectivity index (χ1) is 8.70. The van der Waals surface area contributed by atoms with Crippen molar-refractivity contribution in [1.82, 2.24) is 9.88 Å². The number of rotatable bonds is 5. The molecule has 0 aliphatic carbocycles. The van der Waals surface area contributed by atoms with E-state index < -0.39 is 0 Å². The molecule has 0 saturated carbocycles. The first-order valence-electron chi connectivity index (χ1n) is 6.50. The van der Waals surface area contributed by atoms with Gasteiger partial charge in [-0.15, -0.1) is 0 Å². The molecule has 1 aromatic heterocycles. The van der Waals surface area contributed by atoms with Crippen molar-refractivity contribution in [3.63, 3.8) is 0 Å². The summed E-state index contributed by atoms with van der Waals surface area (Å²) in [6, 6.07) is 2.14. The van der Waals surface area contributed by atoms with Gasteiger partial charge in [-0.05, 0) is 18.7 Å². The third-order valence-electron chi connectivity index (χ3n) is 3.51. The Morgan fingerprint density at radius 1 is 1.56 bits per heavy atom. The Morgan fingerprint density at radius 2 is 2.39 bits per heavy atom. The minimum absolute atomic E-state index is 0.766. The summed E-state index contributed by atoms with van der Waals surface area (Å²) >= 11 is 0. The van der Waals surface area contributed by atoms with E-state index in [0.29, 0.717) is 0 Å². The zero-order chi connectivity index (χ0) is 13.0. The van der Waals surface area contributed by atoms with E-state index in [0.717, 1.165) is 39.2 Å². The Balaban J connectivity index is 2.07. The minimum atomic E-state index is 0.766. The Morgan fingerprint density at radius 3 is 3.17 bits per heavy atom. The SMILES string of the molecule is [CH2-][NH+]1CCc2c(ccnc2CN(C)CCOC)C1. The molecular formula is C14H23N3O. The average Bonchev–Trinajstić information content (AvgIpc) is 2.36. The predicted molar refractivity (Wildman–Crippen MR) is 71.0 cm³/mol. The Labute approximate surface area is 110 Å². The van der Waals surface area contributed by atoms with Crippen molar-refractivity contribution in [2.75, 3.05) is 33.9 Å². The maximum atomic E-state index is 5.10. The normalized spacial score (nSPS) is 19.0. The number of fused-ring (bicyclic) bond motifs is 1. The van der Waals surface area contributed by atoms with Crippen LogP contribution in [-0.4, -0.2) is 43.7 Å². The number of likely N-dealkylation sites (N-methyl/N-ethyl adjacent to an activating group) is 1. The van der Waals surface area contributed by atoms with Crippen molar-refractivity contribution < 1.29 is 9.64 Å². The molecule has 100 valence electrons. The van der Waals surface area contributed by atoms with Crippen LogP contribution in [0.5, 0.6) is 0 Å². The van der Waals surface area contributed by atoms with Gasteiger partial charge in [-0.1, -0.05) is 0 Å². The van der Waals surface area contributed by atoms with E-state index in [1.54, 1.807) is 7.11 Å². The molecular weight excluding hydrogens is 226 g/mol. The first-order valence-corrected chi connectivity index (χ1v) is 6.50. The lowest BCUT2D eigenvalue weighted by molar-refractivity contribution is -0.870. The van der Waals surface area contributed by atoms with Gasteiger partial charge >= 0.3 is 0 Å². The molecule has 1 N–H and O–H groups in total. The number of hydrogen-bond donors (Lipinski definition) is 1. The Kier molecular flexibility index (Phi) is 4.69. The summed E-state index contributed by atoms with van der Waals surface area (Å²) in [6.07, 6.45) is 3.02. The molecule has 0 amide bonds. The van der Waals surface area contributed by atoms with Gasteiger partial charge in [-0.3, -0.25) is 9.88 Å². The second-order valence-electron chi connectivity index (χ2n) is 5.05. The van der Waals surface area contributed by atoms with Crippen LogP contribution in [0.3, 0.4) is 0 Å². The molecule has 0 fully saturated rings. The monoisotopic (exact) mass is 249 g/mol. The quantitative estimate of drug-likeness (QED) is 0.739. The summed E-state index contributed by atoms with van der Waals surface area (Å²) in [7, 11) is 7.95. The van der Waals surface area contributed by atoms with E-state index in [2.05, 4.69) is 30.0 Å². The molecule has 0 spiro atoms. The molecule has 0 saturated heterocycles. The third kappa shape index (κ3) is 3.28. The summed E-state index contributed by atoms with van der Waals surface area (Å²) in [5.74, 6) is 0. The van der Waals surface area contributed by atoms with Gasteiger partial charge in [-0.25, -0.2) is 0 Å². The molecule has 2 rings (SSSR count). The molecule has 1 unspecified atom stereocenters. The standard InChI is InChI=1S/C14H23N3O/c1-16-7-5-13-12(10-16)4-6-15-14(13)11-17(2)8-9-18-3/h4,6,16H,1,5,7-11H2,2-3H3. The zero-order valence-electron chi connectivity index (χ0n) is 11.4. The molecule has 18 heavy (non-hydrogen) atoms. The van der Waals surface area contributed by atoms with E-state index in [-0.39, 0.29) is 0 Å². The highest BCUT2D eigenvalue weighted by Gasteiger charge is 2.17. The molecule has 0 aromatic carbocycles. The summed E-state index contributed by atoms with van der Waals surface area (Å²) in [4.78, 5) is 8.15. The van der Waals surface area contributed by atoms with Gasteiger partial charge in [0.05, 0.1) is 25.4 Å². The topological polar surface area (TPSA) is 29.8 Å². The van der Waals surface area contributed by atoms with Crippen LogP contribution in [0.25, 0.3) is 0 Å². The number of hydrogen-bond acceptors (Lipinski definition) is 3. The first kappa shape index (κ1) is 13.5. The van der Waals surface area contributed by atoms with E-state index in [4.69, 9.17) is 4.74 Å². The van der Waals surface area contributed by atoms with Crippen molar-refractivity contribution in [1.29, 1.82) is 0 Å². The fourth-order valence-corrected chi connectivity index (χ4v) is 2.43. The van der Waals surface area contributed by atoms with Crippen LogP contribution < -0.4 is 4.90 Å². The van der Waals surface area contributed by atoms with Crippen molar-refractivity contribution in [3.8, 4) is 0 Å². The van der Waals surface area contributed by atoms with Crippen LogP contribution in [0.4, 0.5) is 0 Å². The van der Waals surface area contributed by atoms with Crippen molar-refractivity contribution in [2.45, 2.75) is 19.5 Å².